The van der Waals surface area contributed by atoms with E-state index in [-0.39, 0.29) is 16.9 Å². The summed E-state index contributed by atoms with van der Waals surface area (Å²) in [7, 11) is 0. The zero-order valence-corrected chi connectivity index (χ0v) is 18.3. The maximum absolute atomic E-state index is 12.4. The molecule has 0 atom stereocenters. The molecule has 0 aliphatic carbocycles. The topological polar surface area (TPSA) is 129 Å². The van der Waals surface area contributed by atoms with Crippen molar-refractivity contribution in [3.05, 3.63) is 53.3 Å². The second-order valence-electron chi connectivity index (χ2n) is 6.80. The van der Waals surface area contributed by atoms with Crippen LogP contribution in [0.25, 0.3) is 17.4 Å². The first-order valence-corrected chi connectivity index (χ1v) is 10.9. The minimum atomic E-state index is -1.04. The van der Waals surface area contributed by atoms with Crippen LogP contribution >= 0.6 is 23.3 Å². The maximum Gasteiger partial charge on any atom is 0.335 e. The van der Waals surface area contributed by atoms with E-state index in [1.807, 2.05) is 6.07 Å². The molecule has 31 heavy (non-hydrogen) atoms. The fourth-order valence-electron chi connectivity index (χ4n) is 2.41. The number of aromatic carboxylic acids is 1. The van der Waals surface area contributed by atoms with Crippen LogP contribution in [0, 0.1) is 17.2 Å². The zero-order chi connectivity index (χ0) is 22.4. The summed E-state index contributed by atoms with van der Waals surface area (Å²) in [6.45, 7) is 4.18. The number of nitrogens with zero attached hydrogens (tertiary/aromatic N) is 3. The van der Waals surface area contributed by atoms with Gasteiger partial charge in [-0.05, 0) is 30.2 Å². The van der Waals surface area contributed by atoms with Crippen molar-refractivity contribution in [1.29, 1.82) is 5.26 Å². The summed E-state index contributed by atoms with van der Waals surface area (Å²) in [6.07, 6.45) is 1.31. The lowest BCUT2D eigenvalue weighted by molar-refractivity contribution is -0.112. The summed E-state index contributed by atoms with van der Waals surface area (Å²) < 4.78 is 9.85. The van der Waals surface area contributed by atoms with Gasteiger partial charge in [0.25, 0.3) is 5.91 Å². The molecule has 0 radical (unpaired) electrons. The third-order valence-corrected chi connectivity index (χ3v) is 5.87. The van der Waals surface area contributed by atoms with Crippen LogP contribution < -0.4 is 5.32 Å². The van der Waals surface area contributed by atoms with Gasteiger partial charge in [0, 0.05) is 28.9 Å². The molecule has 3 rings (SSSR count). The van der Waals surface area contributed by atoms with Gasteiger partial charge in [0.1, 0.15) is 23.2 Å². The summed E-state index contributed by atoms with van der Waals surface area (Å²) in [5.41, 5.74) is 0.542. The highest BCUT2D eigenvalue weighted by Gasteiger charge is 2.15. The molecule has 2 aromatic heterocycles. The third-order valence-electron chi connectivity index (χ3n) is 3.85. The molecule has 0 saturated carbocycles. The van der Waals surface area contributed by atoms with E-state index in [1.165, 1.54) is 30.0 Å². The van der Waals surface area contributed by atoms with Crippen molar-refractivity contribution >= 4 is 46.4 Å². The van der Waals surface area contributed by atoms with Gasteiger partial charge in [0.2, 0.25) is 10.3 Å². The Bertz CT molecular complexity index is 1170. The van der Waals surface area contributed by atoms with Crippen molar-refractivity contribution in [1.82, 2.24) is 9.36 Å². The summed E-state index contributed by atoms with van der Waals surface area (Å²) in [5, 5.41) is 22.0. The molecular weight excluding hydrogens is 436 g/mol. The highest BCUT2D eigenvalue weighted by molar-refractivity contribution is 7.99. The molecule has 1 aromatic carbocycles. The number of furan rings is 1. The molecule has 0 aliphatic rings. The normalized spacial score (nSPS) is 11.4. The van der Waals surface area contributed by atoms with E-state index in [0.29, 0.717) is 27.5 Å². The highest BCUT2D eigenvalue weighted by Crippen LogP contribution is 2.25. The van der Waals surface area contributed by atoms with E-state index < -0.39 is 11.9 Å². The standard InChI is InChI=1S/C21H18N4O4S2/c1-12(2)11-30-21-24-20(31-25-21)23-18(26)15(10-22)9-16-6-7-17(29-16)13-4-3-5-14(8-13)19(27)28/h3-9,12H,11H2,1-2H3,(H,27,28)(H,23,24,25,26). The number of aromatic nitrogens is 2. The number of nitrogens with one attached hydrogen (secondary N) is 1. The minimum absolute atomic E-state index is 0.131. The van der Waals surface area contributed by atoms with Crippen molar-refractivity contribution in [2.24, 2.45) is 5.92 Å². The van der Waals surface area contributed by atoms with Crippen molar-refractivity contribution in [3.8, 4) is 17.4 Å². The molecule has 1 amide bonds. The predicted octanol–water partition coefficient (Wildman–Crippen LogP) is 4.79. The van der Waals surface area contributed by atoms with E-state index in [4.69, 9.17) is 9.52 Å². The van der Waals surface area contributed by atoms with Crippen LogP contribution in [0.4, 0.5) is 5.13 Å². The Morgan fingerprint density at radius 2 is 2.16 bits per heavy atom. The molecule has 0 fully saturated rings. The van der Waals surface area contributed by atoms with Gasteiger partial charge >= 0.3 is 5.97 Å². The SMILES string of the molecule is CC(C)CSc1nsc(NC(=O)C(C#N)=Cc2ccc(-c3cccc(C(=O)O)c3)o2)n1. The fraction of sp³-hybridized carbons (Fsp3) is 0.190. The molecule has 2 N–H and O–H groups in total. The maximum atomic E-state index is 12.4. The van der Waals surface area contributed by atoms with Gasteiger partial charge < -0.3 is 9.52 Å². The van der Waals surface area contributed by atoms with E-state index in [0.717, 1.165) is 17.3 Å². The second-order valence-corrected chi connectivity index (χ2v) is 8.54. The summed E-state index contributed by atoms with van der Waals surface area (Å²) in [5.74, 6) is 0.397. The molecule has 8 nitrogen and oxygen atoms in total. The number of carboxylic acids is 1. The lowest BCUT2D eigenvalue weighted by atomic mass is 10.1. The number of rotatable bonds is 8. The number of nitriles is 1. The van der Waals surface area contributed by atoms with E-state index >= 15 is 0 Å². The Morgan fingerprint density at radius 1 is 1.35 bits per heavy atom. The summed E-state index contributed by atoms with van der Waals surface area (Å²) >= 11 is 2.55. The zero-order valence-electron chi connectivity index (χ0n) is 16.7. The van der Waals surface area contributed by atoms with Crippen LogP contribution in [-0.4, -0.2) is 32.1 Å². The largest absolute Gasteiger partial charge is 0.478 e. The van der Waals surface area contributed by atoms with Crippen LogP contribution in [0.5, 0.6) is 0 Å². The van der Waals surface area contributed by atoms with Gasteiger partial charge in [-0.3, -0.25) is 10.1 Å². The van der Waals surface area contributed by atoms with Gasteiger partial charge in [-0.15, -0.1) is 0 Å². The first-order valence-electron chi connectivity index (χ1n) is 9.19. The summed E-state index contributed by atoms with van der Waals surface area (Å²) in [4.78, 5) is 27.8. The van der Waals surface area contributed by atoms with E-state index in [2.05, 4.69) is 28.5 Å². The molecule has 0 unspecified atom stereocenters. The van der Waals surface area contributed by atoms with Gasteiger partial charge in [-0.1, -0.05) is 37.7 Å². The molecule has 0 spiro atoms. The molecule has 0 aliphatic heterocycles. The highest BCUT2D eigenvalue weighted by atomic mass is 32.2. The van der Waals surface area contributed by atoms with Gasteiger partial charge in [0.15, 0.2) is 0 Å². The second kappa shape index (κ2) is 10.1. The number of benzene rings is 1. The smallest absolute Gasteiger partial charge is 0.335 e. The molecule has 3 aromatic rings. The number of hydrogen-bond donors (Lipinski definition) is 2. The number of anilines is 1. The van der Waals surface area contributed by atoms with Crippen LogP contribution in [0.1, 0.15) is 30.0 Å². The van der Waals surface area contributed by atoms with Gasteiger partial charge in [-0.25, -0.2) is 4.79 Å². The average Bonchev–Trinajstić information content (AvgIpc) is 3.40. The number of hydrogen-bond acceptors (Lipinski definition) is 8. The Hall–Kier alpha value is -3.42. The number of carbonyl (C=O) groups excluding carboxylic acids is 1. The van der Waals surface area contributed by atoms with Crippen molar-refractivity contribution < 1.29 is 19.1 Å². The minimum Gasteiger partial charge on any atom is -0.478 e. The Labute approximate surface area is 186 Å². The molecule has 0 bridgehead atoms. The van der Waals surface area contributed by atoms with Crippen LogP contribution in [0.2, 0.25) is 0 Å². The number of thioether (sulfide) groups is 1. The Morgan fingerprint density at radius 3 is 2.87 bits per heavy atom. The summed E-state index contributed by atoms with van der Waals surface area (Å²) in [6, 6.07) is 11.4. The monoisotopic (exact) mass is 454 g/mol. The van der Waals surface area contributed by atoms with Crippen molar-refractivity contribution in [2.75, 3.05) is 11.1 Å². The predicted molar refractivity (Wildman–Crippen MR) is 119 cm³/mol. The molecular formula is C21H18N4O4S2. The Kier molecular flexibility index (Phi) is 7.23. The number of carboxylic acid groups (broad SMARTS) is 1. The van der Waals surface area contributed by atoms with Crippen LogP contribution in [0.15, 0.2) is 51.5 Å². The number of amides is 1. The lowest BCUT2D eigenvalue weighted by Crippen LogP contribution is -2.13. The van der Waals surface area contributed by atoms with Crippen molar-refractivity contribution in [2.45, 2.75) is 19.0 Å². The first kappa shape index (κ1) is 22.3. The average molecular weight is 455 g/mol. The van der Waals surface area contributed by atoms with E-state index in [9.17, 15) is 14.9 Å². The van der Waals surface area contributed by atoms with Crippen molar-refractivity contribution in [3.63, 3.8) is 0 Å². The Balaban J connectivity index is 1.72. The lowest BCUT2D eigenvalue weighted by Gasteiger charge is -2.00. The van der Waals surface area contributed by atoms with Gasteiger partial charge in [0.05, 0.1) is 5.56 Å². The molecule has 0 saturated heterocycles. The van der Waals surface area contributed by atoms with Crippen LogP contribution in [-0.2, 0) is 4.79 Å². The number of carbonyl (C=O) groups is 2. The quantitative estimate of drug-likeness (QED) is 0.282. The van der Waals surface area contributed by atoms with Crippen LogP contribution in [0.3, 0.4) is 0 Å². The third kappa shape index (κ3) is 6.04. The molecule has 2 heterocycles. The van der Waals surface area contributed by atoms with Gasteiger partial charge in [-0.2, -0.15) is 14.6 Å². The van der Waals surface area contributed by atoms with E-state index in [1.54, 1.807) is 24.3 Å². The first-order chi connectivity index (χ1) is 14.9. The molecule has 10 heteroatoms. The fourth-order valence-corrected chi connectivity index (χ4v) is 3.90. The molecule has 158 valence electrons.